The van der Waals surface area contributed by atoms with Crippen molar-refractivity contribution in [2.75, 3.05) is 53.0 Å². The van der Waals surface area contributed by atoms with E-state index in [0.29, 0.717) is 0 Å². The van der Waals surface area contributed by atoms with Crippen molar-refractivity contribution in [2.45, 2.75) is 11.7 Å². The van der Waals surface area contributed by atoms with Crippen molar-refractivity contribution in [3.63, 3.8) is 0 Å². The second-order valence-corrected chi connectivity index (χ2v) is 13.7. The molecule has 0 aromatic heterocycles. The molecule has 0 radical (unpaired) electrons. The summed E-state index contributed by atoms with van der Waals surface area (Å²) in [4.78, 5) is 23.4. The van der Waals surface area contributed by atoms with Crippen molar-refractivity contribution >= 4 is 36.6 Å². The zero-order chi connectivity index (χ0) is 20.6. The van der Waals surface area contributed by atoms with E-state index in [1.165, 1.54) is 26.7 Å². The Bertz CT molecular complexity index is 689. The first-order valence-corrected chi connectivity index (χ1v) is 14.2. The minimum Gasteiger partial charge on any atom is -0.747 e. The SMILES string of the molecule is CP(C)(=O)NCCOC(=O)CC(C(=O)OCCNP(C)(C)=O)S(=O)(=O)[O-].[Na+]. The molecule has 0 spiro atoms. The van der Waals surface area contributed by atoms with Gasteiger partial charge in [-0.3, -0.25) is 19.8 Å². The van der Waals surface area contributed by atoms with Crippen LogP contribution in [0.15, 0.2) is 0 Å². The summed E-state index contributed by atoms with van der Waals surface area (Å²) >= 11 is 0. The summed E-state index contributed by atoms with van der Waals surface area (Å²) in [6.45, 7) is 5.35. The van der Waals surface area contributed by atoms with Crippen LogP contribution < -0.4 is 39.7 Å². The smallest absolute Gasteiger partial charge is 0.747 e. The number of hydrogen-bond donors (Lipinski definition) is 2. The number of ether oxygens (including phenoxy) is 2. The zero-order valence-electron chi connectivity index (χ0n) is 16.1. The van der Waals surface area contributed by atoms with E-state index in [9.17, 15) is 31.7 Å². The summed E-state index contributed by atoms with van der Waals surface area (Å²) < 4.78 is 65.7. The average Bonchev–Trinajstić information content (AvgIpc) is 2.42. The van der Waals surface area contributed by atoms with Crippen LogP contribution in [0.1, 0.15) is 6.42 Å². The van der Waals surface area contributed by atoms with Gasteiger partial charge >= 0.3 is 41.5 Å². The second-order valence-electron chi connectivity index (χ2n) is 6.09. The van der Waals surface area contributed by atoms with Gasteiger partial charge in [0.25, 0.3) is 0 Å². The van der Waals surface area contributed by atoms with E-state index in [1.54, 1.807) is 0 Å². The Hall–Kier alpha value is 0.230. The van der Waals surface area contributed by atoms with Gasteiger partial charge in [-0.2, -0.15) is 0 Å². The summed E-state index contributed by atoms with van der Waals surface area (Å²) in [7, 11) is -10.2. The molecule has 1 atom stereocenters. The first-order chi connectivity index (χ1) is 11.6. The fourth-order valence-corrected chi connectivity index (χ4v) is 3.46. The van der Waals surface area contributed by atoms with Gasteiger partial charge in [0.05, 0.1) is 6.42 Å². The maximum absolute atomic E-state index is 11.8. The maximum Gasteiger partial charge on any atom is 1.00 e. The van der Waals surface area contributed by atoms with Crippen LogP contribution >= 0.6 is 14.6 Å². The quantitative estimate of drug-likeness (QED) is 0.0985. The molecule has 2 N–H and O–H groups in total. The molecule has 0 aliphatic carbocycles. The predicted molar refractivity (Wildman–Crippen MR) is 94.9 cm³/mol. The summed E-state index contributed by atoms with van der Waals surface area (Å²) in [6.07, 6.45) is -0.992. The van der Waals surface area contributed by atoms with Crippen LogP contribution in [0, 0.1) is 0 Å². The van der Waals surface area contributed by atoms with E-state index in [-0.39, 0.29) is 55.9 Å². The molecule has 0 rings (SSSR count). The van der Waals surface area contributed by atoms with Crippen LogP contribution in [0.5, 0.6) is 0 Å². The van der Waals surface area contributed by atoms with Gasteiger partial charge in [-0.1, -0.05) is 0 Å². The molecular formula is C12H25N2NaO9P2S. The normalized spacial score (nSPS) is 13.4. The van der Waals surface area contributed by atoms with Crippen LogP contribution in [0.25, 0.3) is 0 Å². The maximum atomic E-state index is 11.8. The summed E-state index contributed by atoms with van der Waals surface area (Å²) in [5.74, 6) is -2.47. The Kier molecular flexibility index (Phi) is 13.9. The van der Waals surface area contributed by atoms with Gasteiger partial charge < -0.3 is 23.2 Å². The fraction of sp³-hybridized carbons (Fsp3) is 0.833. The number of rotatable bonds is 12. The second kappa shape index (κ2) is 12.7. The zero-order valence-corrected chi connectivity index (χ0v) is 20.7. The van der Waals surface area contributed by atoms with E-state index in [0.717, 1.165) is 0 Å². The van der Waals surface area contributed by atoms with Crippen molar-refractivity contribution in [1.29, 1.82) is 0 Å². The van der Waals surface area contributed by atoms with Gasteiger partial charge in [0.2, 0.25) is 0 Å². The molecule has 0 amide bonds. The third-order valence-electron chi connectivity index (χ3n) is 2.66. The monoisotopic (exact) mass is 458 g/mol. The number of esters is 2. The van der Waals surface area contributed by atoms with Gasteiger partial charge in [0.1, 0.15) is 37.9 Å². The minimum atomic E-state index is -5.14. The molecule has 0 aliphatic heterocycles. The van der Waals surface area contributed by atoms with Gasteiger partial charge in [0.15, 0.2) is 5.25 Å². The fourth-order valence-electron chi connectivity index (χ4n) is 1.55. The van der Waals surface area contributed by atoms with Crippen molar-refractivity contribution in [1.82, 2.24) is 10.2 Å². The van der Waals surface area contributed by atoms with Crippen LogP contribution in [-0.4, -0.2) is 83.1 Å². The molecule has 15 heteroatoms. The van der Waals surface area contributed by atoms with E-state index in [4.69, 9.17) is 4.74 Å². The van der Waals surface area contributed by atoms with Crippen molar-refractivity contribution in [3.05, 3.63) is 0 Å². The van der Waals surface area contributed by atoms with Gasteiger partial charge in [-0.15, -0.1) is 0 Å². The number of hydrogen-bond acceptors (Lipinski definition) is 9. The summed E-state index contributed by atoms with van der Waals surface area (Å²) in [6, 6.07) is 0. The summed E-state index contributed by atoms with van der Waals surface area (Å²) in [5.41, 5.74) is 0. The van der Waals surface area contributed by atoms with Crippen LogP contribution in [0.3, 0.4) is 0 Å². The minimum absolute atomic E-state index is 0. The molecule has 154 valence electrons. The largest absolute Gasteiger partial charge is 1.00 e. The topological polar surface area (TPSA) is 168 Å². The average molecular weight is 458 g/mol. The van der Waals surface area contributed by atoms with E-state index >= 15 is 0 Å². The third-order valence-corrected chi connectivity index (χ3v) is 5.69. The third kappa shape index (κ3) is 16.9. The molecule has 1 unspecified atom stereocenters. The van der Waals surface area contributed by atoms with Gasteiger partial charge in [0, 0.05) is 39.7 Å². The molecule has 27 heavy (non-hydrogen) atoms. The molecule has 0 fully saturated rings. The van der Waals surface area contributed by atoms with Crippen LogP contribution in [-0.2, 0) is 38.3 Å². The Morgan fingerprint density at radius 2 is 1.37 bits per heavy atom. The molecular weight excluding hydrogens is 433 g/mol. The molecule has 0 saturated carbocycles. The molecule has 0 aromatic rings. The Morgan fingerprint density at radius 1 is 0.963 bits per heavy atom. The van der Waals surface area contributed by atoms with E-state index < -0.39 is 48.3 Å². The van der Waals surface area contributed by atoms with Gasteiger partial charge in [-0.05, 0) is 0 Å². The molecule has 0 heterocycles. The molecule has 0 aliphatic rings. The molecule has 0 saturated heterocycles. The summed E-state index contributed by atoms with van der Waals surface area (Å²) in [5, 5.41) is 2.94. The standard InChI is InChI=1S/C12H26N2O9P2S.Na/c1-24(2,17)13-5-7-22-11(15)9-10(26(19,20)21)12(16)23-8-6-14-25(3,4)18;/h10H,5-9H2,1-4H3,(H,13,17)(H,14,18)(H,19,20,21);/q;+1/p-1. The first kappa shape index (κ1) is 29.4. The van der Waals surface area contributed by atoms with E-state index in [1.807, 2.05) is 0 Å². The van der Waals surface area contributed by atoms with Crippen molar-refractivity contribution in [3.8, 4) is 0 Å². The Labute approximate surface area is 181 Å². The van der Waals surface area contributed by atoms with Gasteiger partial charge in [-0.25, -0.2) is 8.42 Å². The van der Waals surface area contributed by atoms with Crippen molar-refractivity contribution < 1.29 is 70.7 Å². The van der Waals surface area contributed by atoms with Crippen molar-refractivity contribution in [2.24, 2.45) is 0 Å². The van der Waals surface area contributed by atoms with Crippen LogP contribution in [0.4, 0.5) is 0 Å². The Balaban J connectivity index is 0. The molecule has 0 aromatic carbocycles. The van der Waals surface area contributed by atoms with E-state index in [2.05, 4.69) is 14.9 Å². The molecule has 0 bridgehead atoms. The molecule has 11 nitrogen and oxygen atoms in total. The first-order valence-electron chi connectivity index (χ1n) is 7.49. The number of nitrogens with one attached hydrogen (secondary N) is 2. The Morgan fingerprint density at radius 3 is 1.74 bits per heavy atom. The predicted octanol–water partition coefficient (Wildman–Crippen LogP) is -3.36. The number of carbonyl (C=O) groups excluding carboxylic acids is 2. The van der Waals surface area contributed by atoms with Crippen LogP contribution in [0.2, 0.25) is 0 Å². The number of carbonyl (C=O) groups is 2.